The number of hydrogen-bond acceptors (Lipinski definition) is 6. The molecule has 0 aliphatic heterocycles. The molecule has 0 saturated carbocycles. The van der Waals surface area contributed by atoms with Crippen LogP contribution in [0.5, 0.6) is 0 Å². The number of rotatable bonds is 5. The molecule has 0 bridgehead atoms. The second-order valence-electron chi connectivity index (χ2n) is 7.55. The van der Waals surface area contributed by atoms with Gasteiger partial charge in [-0.1, -0.05) is 13.0 Å². The van der Waals surface area contributed by atoms with Crippen molar-refractivity contribution in [1.82, 2.24) is 19.5 Å². The summed E-state index contributed by atoms with van der Waals surface area (Å²) in [5.41, 5.74) is -1.11. The van der Waals surface area contributed by atoms with Crippen LogP contribution in [0.15, 0.2) is 46.5 Å². The lowest BCUT2D eigenvalue weighted by Crippen LogP contribution is -2.11. The largest absolute Gasteiger partial charge is 0.417 e. The highest BCUT2D eigenvalue weighted by Gasteiger charge is 2.32. The molecule has 0 saturated heterocycles. The van der Waals surface area contributed by atoms with Crippen LogP contribution in [0, 0.1) is 0 Å². The van der Waals surface area contributed by atoms with E-state index in [1.54, 1.807) is 0 Å². The fraction of sp³-hybridized carbons (Fsp3) is 0.286. The van der Waals surface area contributed by atoms with Crippen LogP contribution in [0.25, 0.3) is 33.5 Å². The van der Waals surface area contributed by atoms with Crippen molar-refractivity contribution >= 4 is 43.5 Å². The second kappa shape index (κ2) is 8.66. The van der Waals surface area contributed by atoms with Gasteiger partial charge in [0.25, 0.3) is 0 Å². The van der Waals surface area contributed by atoms with Crippen molar-refractivity contribution in [3.63, 3.8) is 0 Å². The van der Waals surface area contributed by atoms with Gasteiger partial charge in [0.15, 0.2) is 21.3 Å². The van der Waals surface area contributed by atoms with Crippen LogP contribution in [0.1, 0.15) is 12.5 Å². The molecule has 0 unspecified atom stereocenters. The summed E-state index contributed by atoms with van der Waals surface area (Å²) in [5, 5.41) is 0.508. The number of alkyl halides is 6. The number of fused-ring (bicyclic) bond motifs is 2. The summed E-state index contributed by atoms with van der Waals surface area (Å²) >= 11 is 0.552. The van der Waals surface area contributed by atoms with Gasteiger partial charge in [0.1, 0.15) is 16.1 Å². The Morgan fingerprint density at radius 3 is 2.37 bits per heavy atom. The molecule has 14 heteroatoms. The van der Waals surface area contributed by atoms with Gasteiger partial charge in [0.2, 0.25) is 0 Å². The highest BCUT2D eigenvalue weighted by atomic mass is 32.2. The van der Waals surface area contributed by atoms with E-state index in [2.05, 4.69) is 15.0 Å². The van der Waals surface area contributed by atoms with Crippen molar-refractivity contribution in [1.29, 1.82) is 0 Å². The normalized spacial score (nSPS) is 13.1. The summed E-state index contributed by atoms with van der Waals surface area (Å²) in [6.45, 7) is 1.41. The number of hydrogen-bond donors (Lipinski definition) is 0. The smallest absolute Gasteiger partial charge is 0.310 e. The fourth-order valence-corrected chi connectivity index (χ4v) is 5.44. The van der Waals surface area contributed by atoms with Crippen molar-refractivity contribution in [2.75, 3.05) is 11.5 Å². The molecule has 3 aromatic heterocycles. The van der Waals surface area contributed by atoms with Crippen molar-refractivity contribution in [3.8, 4) is 11.5 Å². The molecule has 0 N–H and O–H groups in total. The van der Waals surface area contributed by atoms with Crippen molar-refractivity contribution in [3.05, 3.63) is 42.2 Å². The average molecular weight is 535 g/mol. The Labute approximate surface area is 199 Å². The first-order valence-corrected chi connectivity index (χ1v) is 12.6. The van der Waals surface area contributed by atoms with Gasteiger partial charge in [-0.3, -0.25) is 4.98 Å². The maximum Gasteiger partial charge on any atom is 0.417 e. The summed E-state index contributed by atoms with van der Waals surface area (Å²) in [7, 11) is -2.47. The number of aryl methyl sites for hydroxylation is 1. The predicted molar refractivity (Wildman–Crippen MR) is 119 cm³/mol. The Bertz CT molecular complexity index is 1550. The average Bonchev–Trinajstić information content (AvgIpc) is 3.11. The van der Waals surface area contributed by atoms with Gasteiger partial charge in [0, 0.05) is 35.1 Å². The summed E-state index contributed by atoms with van der Waals surface area (Å²) in [4.78, 5) is 12.3. The minimum absolute atomic E-state index is 0.0173. The molecule has 0 atom stereocenters. The third kappa shape index (κ3) is 4.94. The zero-order valence-electron chi connectivity index (χ0n) is 18.1. The Balaban J connectivity index is 1.93. The van der Waals surface area contributed by atoms with Gasteiger partial charge < -0.3 is 4.57 Å². The van der Waals surface area contributed by atoms with Crippen molar-refractivity contribution in [2.45, 2.75) is 29.1 Å². The van der Waals surface area contributed by atoms with E-state index in [1.165, 1.54) is 42.9 Å². The number of aromatic nitrogens is 4. The fourth-order valence-electron chi connectivity index (χ4n) is 3.49. The first kappa shape index (κ1) is 25.2. The Morgan fingerprint density at radius 2 is 1.74 bits per heavy atom. The number of sulfone groups is 1. The number of thioether (sulfide) groups is 1. The molecule has 35 heavy (non-hydrogen) atoms. The Morgan fingerprint density at radius 1 is 1.03 bits per heavy atom. The molecule has 186 valence electrons. The van der Waals surface area contributed by atoms with Crippen LogP contribution >= 0.6 is 11.8 Å². The summed E-state index contributed by atoms with van der Waals surface area (Å²) in [6, 6.07) is 4.99. The lowest BCUT2D eigenvalue weighted by molar-refractivity contribution is -0.137. The summed E-state index contributed by atoms with van der Waals surface area (Å²) in [6.07, 6.45) is -7.06. The van der Waals surface area contributed by atoms with Crippen molar-refractivity contribution in [2.24, 2.45) is 7.05 Å². The first-order valence-electron chi connectivity index (χ1n) is 9.96. The predicted octanol–water partition coefficient (Wildman–Crippen LogP) is 5.65. The van der Waals surface area contributed by atoms with E-state index in [1.807, 2.05) is 0 Å². The Kier molecular flexibility index (Phi) is 6.24. The highest BCUT2D eigenvalue weighted by molar-refractivity contribution is 7.99. The summed E-state index contributed by atoms with van der Waals surface area (Å²) < 4.78 is 105. The monoisotopic (exact) mass is 534 g/mol. The maximum absolute atomic E-state index is 13.1. The molecule has 0 fully saturated rings. The van der Waals surface area contributed by atoms with E-state index in [-0.39, 0.29) is 43.6 Å². The standard InChI is InChI=1S/C21H16F6N4O2S2/c1-3-35(32,33)17-14-5-4-13(34-10-20(22,23)24)6-11(14)8-28-16(17)19-30-15-7-12(21(25,26)27)9-29-18(15)31(19)2/h4-9H,3,10H2,1-2H3. The van der Waals surface area contributed by atoms with Gasteiger partial charge in [-0.2, -0.15) is 26.3 Å². The summed E-state index contributed by atoms with van der Waals surface area (Å²) in [5.74, 6) is -1.45. The number of halogens is 6. The van der Waals surface area contributed by atoms with E-state index in [4.69, 9.17) is 0 Å². The van der Waals surface area contributed by atoms with E-state index in [9.17, 15) is 34.8 Å². The molecular weight excluding hydrogens is 518 g/mol. The first-order chi connectivity index (χ1) is 16.2. The van der Waals surface area contributed by atoms with Crippen molar-refractivity contribution < 1.29 is 34.8 Å². The molecule has 3 heterocycles. The van der Waals surface area contributed by atoms with E-state index in [0.717, 1.165) is 6.07 Å². The molecule has 4 aromatic rings. The maximum atomic E-state index is 13.1. The molecule has 1 aromatic carbocycles. The molecule has 0 aliphatic carbocycles. The number of benzene rings is 1. The van der Waals surface area contributed by atoms with Gasteiger partial charge in [0.05, 0.1) is 17.1 Å². The number of nitrogens with zero attached hydrogens (tertiary/aromatic N) is 4. The van der Waals surface area contributed by atoms with Crippen LogP contribution in [0.4, 0.5) is 26.3 Å². The molecule has 0 radical (unpaired) electrons. The molecule has 6 nitrogen and oxygen atoms in total. The second-order valence-corrected chi connectivity index (χ2v) is 10.8. The van der Waals surface area contributed by atoms with E-state index in [0.29, 0.717) is 23.3 Å². The lowest BCUT2D eigenvalue weighted by atomic mass is 10.1. The zero-order chi connectivity index (χ0) is 25.8. The molecule has 0 amide bonds. The lowest BCUT2D eigenvalue weighted by Gasteiger charge is -2.13. The topological polar surface area (TPSA) is 77.7 Å². The van der Waals surface area contributed by atoms with Crippen LogP contribution in [-0.4, -0.2) is 45.6 Å². The molecular formula is C21H16F6N4O2S2. The van der Waals surface area contributed by atoms with Gasteiger partial charge in [-0.05, 0) is 18.2 Å². The van der Waals surface area contributed by atoms with Crippen LogP contribution in [0.3, 0.4) is 0 Å². The SMILES string of the molecule is CCS(=O)(=O)c1c(-c2nc3cc(C(F)(F)F)cnc3n2C)ncc2cc(SCC(F)(F)F)ccc12. The van der Waals surface area contributed by atoms with Crippen LogP contribution in [-0.2, 0) is 23.1 Å². The van der Waals surface area contributed by atoms with E-state index < -0.39 is 33.5 Å². The quantitative estimate of drug-likeness (QED) is 0.243. The zero-order valence-corrected chi connectivity index (χ0v) is 19.7. The third-order valence-corrected chi connectivity index (χ3v) is 8.01. The van der Waals surface area contributed by atoms with Crippen LogP contribution in [0.2, 0.25) is 0 Å². The minimum atomic E-state index is -4.64. The van der Waals surface area contributed by atoms with Gasteiger partial charge in [-0.15, -0.1) is 11.8 Å². The molecule has 4 rings (SSSR count). The van der Waals surface area contributed by atoms with Crippen LogP contribution < -0.4 is 0 Å². The van der Waals surface area contributed by atoms with Gasteiger partial charge in [-0.25, -0.2) is 18.4 Å². The highest BCUT2D eigenvalue weighted by Crippen LogP contribution is 2.37. The Hall–Kier alpha value is -2.87. The number of imidazole rings is 1. The number of pyridine rings is 2. The minimum Gasteiger partial charge on any atom is -0.310 e. The third-order valence-electron chi connectivity index (χ3n) is 5.16. The molecule has 0 aliphatic rings. The van der Waals surface area contributed by atoms with Gasteiger partial charge >= 0.3 is 12.4 Å². The molecule has 0 spiro atoms. The van der Waals surface area contributed by atoms with E-state index >= 15 is 0 Å².